The molecule has 33 heavy (non-hydrogen) atoms. The first-order valence-corrected chi connectivity index (χ1v) is 13.3. The normalized spacial score (nSPS) is 13.9. The van der Waals surface area contributed by atoms with Crippen molar-refractivity contribution in [1.82, 2.24) is 0 Å². The summed E-state index contributed by atoms with van der Waals surface area (Å²) in [6.07, 6.45) is 1.31. The van der Waals surface area contributed by atoms with Gasteiger partial charge in [-0.05, 0) is 83.8 Å². The van der Waals surface area contributed by atoms with Crippen LogP contribution in [0.4, 0.5) is 0 Å². The first kappa shape index (κ1) is 21.9. The molecule has 2 nitrogen and oxygen atoms in total. The van der Waals surface area contributed by atoms with Crippen molar-refractivity contribution in [2.24, 2.45) is 0 Å². The third-order valence-corrected chi connectivity index (χ3v) is 9.10. The summed E-state index contributed by atoms with van der Waals surface area (Å²) in [4.78, 5) is 0. The second kappa shape index (κ2) is 8.78. The molecule has 1 aliphatic rings. The molecule has 4 aromatic rings. The Morgan fingerprint density at radius 3 is 2.21 bits per heavy atom. The first-order chi connectivity index (χ1) is 15.9. The smallest absolute Gasteiger partial charge is 0.236 e. The van der Waals surface area contributed by atoms with Crippen LogP contribution < -0.4 is 5.30 Å². The quantitative estimate of drug-likeness (QED) is 0.249. The topological polar surface area (TPSA) is 26.3 Å². The molecular weight excluding hydrogens is 423 g/mol. The molecule has 1 aliphatic carbocycles. The van der Waals surface area contributed by atoms with E-state index >= 15 is 0 Å². The number of aryl methyl sites for hydroxylation is 3. The van der Waals surface area contributed by atoms with Crippen molar-refractivity contribution in [2.75, 3.05) is 0 Å². The molecule has 5 rings (SSSR count). The van der Waals surface area contributed by atoms with E-state index in [4.69, 9.17) is 4.52 Å². The van der Waals surface area contributed by atoms with Gasteiger partial charge in [-0.3, -0.25) is 4.57 Å². The summed E-state index contributed by atoms with van der Waals surface area (Å²) in [5, 5.41) is 0.778. The highest BCUT2D eigenvalue weighted by Crippen LogP contribution is 2.51. The van der Waals surface area contributed by atoms with Crippen LogP contribution in [-0.2, 0) is 28.3 Å². The molecule has 0 saturated carbocycles. The lowest BCUT2D eigenvalue weighted by atomic mass is 10.0. The Kier molecular flexibility index (Phi) is 5.83. The fraction of sp³-hybridized carbons (Fsp3) is 0.200. The Labute approximate surface area is 196 Å². The number of benzene rings is 4. The van der Waals surface area contributed by atoms with Gasteiger partial charge in [0.15, 0.2) is 0 Å². The molecule has 4 aromatic carbocycles. The van der Waals surface area contributed by atoms with Gasteiger partial charge in [0.25, 0.3) is 0 Å². The van der Waals surface area contributed by atoms with Crippen LogP contribution >= 0.6 is 7.37 Å². The molecule has 0 aliphatic heterocycles. The van der Waals surface area contributed by atoms with Crippen molar-refractivity contribution >= 4 is 12.7 Å². The van der Waals surface area contributed by atoms with Gasteiger partial charge in [0.05, 0.1) is 12.8 Å². The summed E-state index contributed by atoms with van der Waals surface area (Å²) in [5.74, 6) is 0. The molecule has 0 bridgehead atoms. The summed E-state index contributed by atoms with van der Waals surface area (Å²) in [6.45, 7) is 6.65. The zero-order valence-electron chi connectivity index (χ0n) is 19.5. The third kappa shape index (κ3) is 4.22. The highest BCUT2D eigenvalue weighted by Gasteiger charge is 2.29. The summed E-state index contributed by atoms with van der Waals surface area (Å²) in [6, 6.07) is 29.0. The molecule has 0 aromatic heterocycles. The highest BCUT2D eigenvalue weighted by atomic mass is 31.2. The molecular formula is C30H29O2P. The summed E-state index contributed by atoms with van der Waals surface area (Å²) in [7, 11) is -3.13. The molecule has 0 N–H and O–H groups in total. The minimum absolute atomic E-state index is 0.341. The third-order valence-electron chi connectivity index (χ3n) is 6.73. The summed E-state index contributed by atoms with van der Waals surface area (Å²) < 4.78 is 20.9. The van der Waals surface area contributed by atoms with E-state index in [0.29, 0.717) is 12.8 Å². The van der Waals surface area contributed by atoms with Crippen molar-refractivity contribution in [3.8, 4) is 11.1 Å². The maximum Gasteiger partial charge on any atom is 0.236 e. The Morgan fingerprint density at radius 2 is 1.45 bits per heavy atom. The summed E-state index contributed by atoms with van der Waals surface area (Å²) >= 11 is 0. The molecule has 0 spiro atoms. The fourth-order valence-electron chi connectivity index (χ4n) is 5.07. The molecule has 0 fully saturated rings. The molecule has 0 saturated heterocycles. The average molecular weight is 453 g/mol. The zero-order valence-corrected chi connectivity index (χ0v) is 20.4. The van der Waals surface area contributed by atoms with E-state index in [0.717, 1.165) is 22.9 Å². The Morgan fingerprint density at radius 1 is 0.788 bits per heavy atom. The van der Waals surface area contributed by atoms with Crippen LogP contribution in [0, 0.1) is 20.8 Å². The van der Waals surface area contributed by atoms with Crippen LogP contribution in [0.1, 0.15) is 38.9 Å². The SMILES string of the molecule is Cc1cc(C)c(CP(=O)(OCc2cccc3c2Cc2ccccc2-3)c2ccccc2)c(C)c1. The minimum atomic E-state index is -3.13. The lowest BCUT2D eigenvalue weighted by Gasteiger charge is -2.22. The first-order valence-electron chi connectivity index (χ1n) is 11.5. The van der Waals surface area contributed by atoms with Crippen LogP contribution in [-0.4, -0.2) is 0 Å². The van der Waals surface area contributed by atoms with Gasteiger partial charge in [-0.2, -0.15) is 0 Å². The van der Waals surface area contributed by atoms with Crippen LogP contribution in [0.5, 0.6) is 0 Å². The molecule has 166 valence electrons. The van der Waals surface area contributed by atoms with Gasteiger partial charge in [0, 0.05) is 5.30 Å². The van der Waals surface area contributed by atoms with Crippen molar-refractivity contribution in [3.05, 3.63) is 124 Å². The monoisotopic (exact) mass is 452 g/mol. The Balaban J connectivity index is 1.49. The predicted molar refractivity (Wildman–Crippen MR) is 138 cm³/mol. The molecule has 0 heterocycles. The van der Waals surface area contributed by atoms with E-state index in [-0.39, 0.29) is 0 Å². The van der Waals surface area contributed by atoms with E-state index in [1.54, 1.807) is 0 Å². The van der Waals surface area contributed by atoms with E-state index in [1.807, 2.05) is 30.3 Å². The van der Waals surface area contributed by atoms with Crippen LogP contribution in [0.2, 0.25) is 0 Å². The van der Waals surface area contributed by atoms with Gasteiger partial charge in [-0.25, -0.2) is 0 Å². The fourth-order valence-corrected chi connectivity index (χ4v) is 7.38. The second-order valence-electron chi connectivity index (χ2n) is 9.09. The van der Waals surface area contributed by atoms with E-state index in [9.17, 15) is 4.57 Å². The zero-order chi connectivity index (χ0) is 23.0. The minimum Gasteiger partial charge on any atom is -0.320 e. The van der Waals surface area contributed by atoms with Gasteiger partial charge < -0.3 is 4.52 Å². The van der Waals surface area contributed by atoms with Gasteiger partial charge in [0.2, 0.25) is 7.37 Å². The van der Waals surface area contributed by atoms with Crippen molar-refractivity contribution in [3.63, 3.8) is 0 Å². The largest absolute Gasteiger partial charge is 0.320 e. The van der Waals surface area contributed by atoms with Crippen LogP contribution in [0.3, 0.4) is 0 Å². The van der Waals surface area contributed by atoms with E-state index in [1.165, 1.54) is 38.9 Å². The Hall–Kier alpha value is -2.93. The lowest BCUT2D eigenvalue weighted by Crippen LogP contribution is -2.11. The number of rotatable bonds is 6. The van der Waals surface area contributed by atoms with Gasteiger partial charge in [0.1, 0.15) is 0 Å². The number of hydrogen-bond acceptors (Lipinski definition) is 2. The van der Waals surface area contributed by atoms with Gasteiger partial charge in [-0.15, -0.1) is 0 Å². The van der Waals surface area contributed by atoms with E-state index < -0.39 is 7.37 Å². The highest BCUT2D eigenvalue weighted by molar-refractivity contribution is 7.66. The second-order valence-corrected chi connectivity index (χ2v) is 11.5. The number of hydrogen-bond donors (Lipinski definition) is 0. The predicted octanol–water partition coefficient (Wildman–Crippen LogP) is 7.50. The maximum absolute atomic E-state index is 14.4. The van der Waals surface area contributed by atoms with Crippen molar-refractivity contribution in [2.45, 2.75) is 40.0 Å². The lowest BCUT2D eigenvalue weighted by molar-refractivity contribution is 0.308. The molecule has 0 radical (unpaired) electrons. The molecule has 3 heteroatoms. The van der Waals surface area contributed by atoms with Crippen molar-refractivity contribution in [1.29, 1.82) is 0 Å². The standard InChI is InChI=1S/C30H29O2P/c1-21-16-22(2)30(23(3)17-21)20-33(31,26-12-5-4-6-13-26)32-19-25-11-9-15-28-27-14-8-7-10-24(27)18-29(25)28/h4-17H,18-20H2,1-3H3. The Bertz CT molecular complexity index is 1350. The van der Waals surface area contributed by atoms with Gasteiger partial charge >= 0.3 is 0 Å². The van der Waals surface area contributed by atoms with Gasteiger partial charge in [-0.1, -0.05) is 78.4 Å². The summed E-state index contributed by atoms with van der Waals surface area (Å²) in [5.41, 5.74) is 11.0. The van der Waals surface area contributed by atoms with Crippen molar-refractivity contribution < 1.29 is 9.09 Å². The van der Waals surface area contributed by atoms with Crippen LogP contribution in [0.25, 0.3) is 11.1 Å². The molecule has 0 amide bonds. The average Bonchev–Trinajstić information content (AvgIpc) is 3.20. The maximum atomic E-state index is 14.4. The molecule has 1 atom stereocenters. The van der Waals surface area contributed by atoms with E-state index in [2.05, 4.69) is 75.4 Å². The molecule has 1 unspecified atom stereocenters. The van der Waals surface area contributed by atoms with Crippen LogP contribution in [0.15, 0.2) is 84.9 Å². The number of fused-ring (bicyclic) bond motifs is 3.